The zero-order chi connectivity index (χ0) is 22.2. The van der Waals surface area contributed by atoms with Gasteiger partial charge in [0.25, 0.3) is 0 Å². The van der Waals surface area contributed by atoms with E-state index in [0.29, 0.717) is 18.6 Å². The van der Waals surface area contributed by atoms with E-state index in [4.69, 9.17) is 18.9 Å². The molecule has 0 spiro atoms. The first kappa shape index (κ1) is 20.8. The highest BCUT2D eigenvalue weighted by Gasteiger charge is 2.19. The second-order valence-corrected chi connectivity index (χ2v) is 8.42. The average Bonchev–Trinajstić information content (AvgIpc) is 3.30. The number of imidazole rings is 1. The van der Waals surface area contributed by atoms with Crippen molar-refractivity contribution in [3.8, 4) is 17.2 Å². The van der Waals surface area contributed by atoms with E-state index in [1.165, 1.54) is 0 Å². The highest BCUT2D eigenvalue weighted by molar-refractivity contribution is 5.86. The second-order valence-electron chi connectivity index (χ2n) is 8.42. The number of pyridine rings is 1. The number of fused-ring (bicyclic) bond motifs is 2. The second kappa shape index (κ2) is 7.98. The van der Waals surface area contributed by atoms with Crippen LogP contribution in [0.15, 0.2) is 47.0 Å². The van der Waals surface area contributed by atoms with Gasteiger partial charge in [0.2, 0.25) is 0 Å². The number of hydrogen-bond acceptors (Lipinski definition) is 6. The Kier molecular flexibility index (Phi) is 5.35. The average molecular weight is 421 g/mol. The van der Waals surface area contributed by atoms with Crippen LogP contribution in [0.5, 0.6) is 5.75 Å². The minimum atomic E-state index is -0.475. The third-order valence-electron chi connectivity index (χ3n) is 4.92. The van der Waals surface area contributed by atoms with E-state index in [-0.39, 0.29) is 5.97 Å². The first-order chi connectivity index (χ1) is 14.8. The Balaban J connectivity index is 1.64. The van der Waals surface area contributed by atoms with Crippen molar-refractivity contribution in [2.24, 2.45) is 0 Å². The molecule has 7 nitrogen and oxygen atoms in total. The number of rotatable bonds is 6. The number of benzene rings is 1. The molecule has 0 aliphatic heterocycles. The van der Waals surface area contributed by atoms with Crippen LogP contribution < -0.4 is 10.1 Å². The number of ether oxygens (including phenoxy) is 2. The summed E-state index contributed by atoms with van der Waals surface area (Å²) in [6.07, 6.45) is 2.87. The molecule has 0 fully saturated rings. The van der Waals surface area contributed by atoms with Crippen molar-refractivity contribution < 1.29 is 18.7 Å². The molecule has 4 rings (SSSR count). The van der Waals surface area contributed by atoms with Crippen LogP contribution in [0.3, 0.4) is 0 Å². The summed E-state index contributed by atoms with van der Waals surface area (Å²) in [4.78, 5) is 16.8. The molecule has 0 aliphatic carbocycles. The van der Waals surface area contributed by atoms with Crippen LogP contribution in [0, 0.1) is 0 Å². The van der Waals surface area contributed by atoms with Gasteiger partial charge in [-0.1, -0.05) is 0 Å². The van der Waals surface area contributed by atoms with Crippen molar-refractivity contribution in [1.29, 1.82) is 0 Å². The zero-order valence-electron chi connectivity index (χ0n) is 18.5. The molecule has 4 aromatic rings. The van der Waals surface area contributed by atoms with Gasteiger partial charge in [-0.3, -0.25) is 9.20 Å². The first-order valence-electron chi connectivity index (χ1n) is 10.3. The van der Waals surface area contributed by atoms with Gasteiger partial charge in [0.05, 0.1) is 7.11 Å². The number of hydrogen-bond donors (Lipinski definition) is 1. The zero-order valence-corrected chi connectivity index (χ0v) is 18.5. The molecule has 0 amide bonds. The van der Waals surface area contributed by atoms with Gasteiger partial charge >= 0.3 is 5.97 Å². The summed E-state index contributed by atoms with van der Waals surface area (Å²) in [5.74, 6) is 2.08. The lowest BCUT2D eigenvalue weighted by molar-refractivity contribution is -0.154. The molecular weight excluding hydrogens is 394 g/mol. The van der Waals surface area contributed by atoms with Crippen molar-refractivity contribution in [2.45, 2.75) is 39.2 Å². The number of esters is 1. The molecule has 0 atom stereocenters. The maximum absolute atomic E-state index is 12.0. The maximum Gasteiger partial charge on any atom is 0.306 e. The largest absolute Gasteiger partial charge is 0.497 e. The summed E-state index contributed by atoms with van der Waals surface area (Å²) in [6, 6.07) is 11.6. The van der Waals surface area contributed by atoms with Crippen LogP contribution in [0.25, 0.3) is 28.1 Å². The SMILES string of the molecule is CNc1c(-c2cc3cc(OC)ccc3o2)nc2cc(CCC(=O)OC(C)(C)C)ccn12. The lowest BCUT2D eigenvalue weighted by atomic mass is 10.1. The summed E-state index contributed by atoms with van der Waals surface area (Å²) in [5, 5.41) is 4.17. The van der Waals surface area contributed by atoms with Crippen LogP contribution in [0.2, 0.25) is 0 Å². The number of aromatic nitrogens is 2. The number of carbonyl (C=O) groups is 1. The van der Waals surface area contributed by atoms with Crippen molar-refractivity contribution in [1.82, 2.24) is 9.38 Å². The molecule has 7 heteroatoms. The predicted molar refractivity (Wildman–Crippen MR) is 121 cm³/mol. The topological polar surface area (TPSA) is 78.0 Å². The molecule has 3 heterocycles. The predicted octanol–water partition coefficient (Wildman–Crippen LogP) is 5.07. The van der Waals surface area contributed by atoms with Crippen LogP contribution >= 0.6 is 0 Å². The minimum Gasteiger partial charge on any atom is -0.497 e. The van der Waals surface area contributed by atoms with Crippen molar-refractivity contribution >= 4 is 28.4 Å². The molecule has 1 aromatic carbocycles. The number of carbonyl (C=O) groups excluding carboxylic acids is 1. The fourth-order valence-corrected chi connectivity index (χ4v) is 3.56. The normalized spacial score (nSPS) is 11.8. The molecule has 3 aromatic heterocycles. The molecule has 162 valence electrons. The van der Waals surface area contributed by atoms with E-state index in [0.717, 1.165) is 39.4 Å². The smallest absolute Gasteiger partial charge is 0.306 e. The van der Waals surface area contributed by atoms with E-state index >= 15 is 0 Å². The number of methoxy groups -OCH3 is 1. The molecular formula is C24H27N3O4. The molecule has 31 heavy (non-hydrogen) atoms. The number of nitrogens with zero attached hydrogens (tertiary/aromatic N) is 2. The maximum atomic E-state index is 12.0. The molecule has 0 radical (unpaired) electrons. The van der Waals surface area contributed by atoms with Gasteiger partial charge in [-0.05, 0) is 69.2 Å². The Morgan fingerprint density at radius 2 is 2.00 bits per heavy atom. The summed E-state index contributed by atoms with van der Waals surface area (Å²) in [7, 11) is 3.50. The molecule has 0 aliphatic rings. The van der Waals surface area contributed by atoms with Gasteiger partial charge in [-0.15, -0.1) is 0 Å². The van der Waals surface area contributed by atoms with Crippen molar-refractivity contribution in [2.75, 3.05) is 19.5 Å². The third-order valence-corrected chi connectivity index (χ3v) is 4.92. The Morgan fingerprint density at radius 1 is 1.19 bits per heavy atom. The summed E-state index contributed by atoms with van der Waals surface area (Å²) in [6.45, 7) is 5.61. The van der Waals surface area contributed by atoms with Gasteiger partial charge < -0.3 is 19.2 Å². The lowest BCUT2D eigenvalue weighted by Crippen LogP contribution is -2.24. The number of anilines is 1. The van der Waals surface area contributed by atoms with Gasteiger partial charge in [-0.25, -0.2) is 4.98 Å². The van der Waals surface area contributed by atoms with E-state index in [1.807, 2.05) is 74.8 Å². The van der Waals surface area contributed by atoms with Crippen molar-refractivity contribution in [3.05, 3.63) is 48.2 Å². The van der Waals surface area contributed by atoms with Crippen molar-refractivity contribution in [3.63, 3.8) is 0 Å². The summed E-state index contributed by atoms with van der Waals surface area (Å²) in [5.41, 5.74) is 2.82. The van der Waals surface area contributed by atoms with E-state index in [1.54, 1.807) is 7.11 Å². The Hall–Kier alpha value is -3.48. The number of furan rings is 1. The first-order valence-corrected chi connectivity index (χ1v) is 10.3. The minimum absolute atomic E-state index is 0.204. The molecule has 0 unspecified atom stereocenters. The van der Waals surface area contributed by atoms with Crippen LogP contribution in [0.4, 0.5) is 5.82 Å². The highest BCUT2D eigenvalue weighted by atomic mass is 16.6. The standard InChI is InChI=1S/C24H27N3O4/c1-24(2,3)31-21(28)9-6-15-10-11-27-20(12-15)26-22(23(27)25-4)19-14-16-13-17(29-5)7-8-18(16)30-19/h7-8,10-14,25H,6,9H2,1-5H3. The highest BCUT2D eigenvalue weighted by Crippen LogP contribution is 2.34. The van der Waals surface area contributed by atoms with Crippen LogP contribution in [-0.2, 0) is 16.0 Å². The van der Waals surface area contributed by atoms with Gasteiger partial charge in [-0.2, -0.15) is 0 Å². The van der Waals surface area contributed by atoms with E-state index in [9.17, 15) is 4.79 Å². The monoisotopic (exact) mass is 421 g/mol. The molecule has 0 saturated carbocycles. The molecule has 1 N–H and O–H groups in total. The fourth-order valence-electron chi connectivity index (χ4n) is 3.56. The van der Waals surface area contributed by atoms with Gasteiger partial charge in [0.1, 0.15) is 34.1 Å². The Labute approximate surface area is 181 Å². The summed E-state index contributed by atoms with van der Waals surface area (Å²) >= 11 is 0. The third kappa shape index (κ3) is 4.35. The van der Waals surface area contributed by atoms with Gasteiger partial charge in [0, 0.05) is 25.1 Å². The fraction of sp³-hybridized carbons (Fsp3) is 0.333. The Bertz CT molecular complexity index is 1250. The van der Waals surface area contributed by atoms with E-state index < -0.39 is 5.60 Å². The van der Waals surface area contributed by atoms with Gasteiger partial charge in [0.15, 0.2) is 5.76 Å². The number of nitrogens with one attached hydrogen (secondary N) is 1. The molecule has 0 bridgehead atoms. The number of aryl methyl sites for hydroxylation is 1. The quantitative estimate of drug-likeness (QED) is 0.438. The van der Waals surface area contributed by atoms with Crippen LogP contribution in [0.1, 0.15) is 32.8 Å². The van der Waals surface area contributed by atoms with E-state index in [2.05, 4.69) is 5.32 Å². The lowest BCUT2D eigenvalue weighted by Gasteiger charge is -2.19. The molecule has 0 saturated heterocycles. The summed E-state index contributed by atoms with van der Waals surface area (Å²) < 4.78 is 18.7. The van der Waals surface area contributed by atoms with Crippen LogP contribution in [-0.4, -0.2) is 35.1 Å². The Morgan fingerprint density at radius 3 is 2.71 bits per heavy atom.